The molecule has 0 saturated carbocycles. The number of carbonyl (C=O) groups excluding carboxylic acids is 2. The highest BCUT2D eigenvalue weighted by Gasteiger charge is 2.20. The van der Waals surface area contributed by atoms with Gasteiger partial charge in [0.15, 0.2) is 5.96 Å². The predicted molar refractivity (Wildman–Crippen MR) is 166 cm³/mol. The van der Waals surface area contributed by atoms with Crippen LogP contribution in [0.15, 0.2) is 0 Å². The van der Waals surface area contributed by atoms with Crippen molar-refractivity contribution in [2.75, 3.05) is 19.6 Å². The van der Waals surface area contributed by atoms with Crippen LogP contribution in [0.2, 0.25) is 0 Å². The van der Waals surface area contributed by atoms with Crippen LogP contribution >= 0.6 is 0 Å². The molecule has 0 aliphatic heterocycles. The van der Waals surface area contributed by atoms with E-state index in [1.165, 1.54) is 103 Å². The molecular weight excluding hydrogens is 488 g/mol. The Morgan fingerprint density at radius 3 is 1.38 bits per heavy atom. The Bertz CT molecular complexity index is 587. The van der Waals surface area contributed by atoms with E-state index in [-0.39, 0.29) is 17.9 Å². The maximum Gasteiger partial charge on any atom is 0.315 e. The number of unbranched alkanes of at least 4 members (excludes halogenated alkanes) is 18. The normalized spacial score (nSPS) is 11.6. The summed E-state index contributed by atoms with van der Waals surface area (Å²) in [5.74, 6) is -0.220. The van der Waals surface area contributed by atoms with Gasteiger partial charge in [-0.2, -0.15) is 0 Å². The zero-order chi connectivity index (χ0) is 28.8. The number of nitrogens with two attached hydrogens (primary N) is 1. The molecule has 0 saturated heterocycles. The van der Waals surface area contributed by atoms with Crippen molar-refractivity contribution in [2.24, 2.45) is 5.73 Å². The van der Waals surface area contributed by atoms with Crippen molar-refractivity contribution in [2.45, 2.75) is 161 Å². The Morgan fingerprint density at radius 2 is 0.949 bits per heavy atom. The average molecular weight is 553 g/mol. The van der Waals surface area contributed by atoms with Gasteiger partial charge in [-0.25, -0.2) is 4.79 Å². The fraction of sp³-hybridized carbons (Fsp3) is 0.903. The zero-order valence-electron chi connectivity index (χ0n) is 25.6. The summed E-state index contributed by atoms with van der Waals surface area (Å²) in [6, 6.07) is -0.876. The van der Waals surface area contributed by atoms with Gasteiger partial charge in [0, 0.05) is 19.6 Å². The van der Waals surface area contributed by atoms with Gasteiger partial charge in [-0.15, -0.1) is 0 Å². The number of rotatable bonds is 28. The van der Waals surface area contributed by atoms with E-state index in [4.69, 9.17) is 11.1 Å². The maximum absolute atomic E-state index is 12.8. The third kappa shape index (κ3) is 27.4. The minimum Gasteiger partial charge on any atom is -0.370 e. The van der Waals surface area contributed by atoms with Crippen LogP contribution in [-0.2, 0) is 4.79 Å². The molecule has 3 amide bonds. The quantitative estimate of drug-likeness (QED) is 0.0359. The Morgan fingerprint density at radius 1 is 0.564 bits per heavy atom. The molecule has 230 valence electrons. The van der Waals surface area contributed by atoms with E-state index in [1.807, 2.05) is 0 Å². The predicted octanol–water partition coefficient (Wildman–Crippen LogP) is 6.88. The molecule has 7 N–H and O–H groups in total. The smallest absolute Gasteiger partial charge is 0.315 e. The van der Waals surface area contributed by atoms with Gasteiger partial charge in [-0.1, -0.05) is 129 Å². The lowest BCUT2D eigenvalue weighted by Crippen LogP contribution is -2.50. The number of amides is 3. The molecule has 0 aromatic rings. The van der Waals surface area contributed by atoms with Gasteiger partial charge >= 0.3 is 6.03 Å². The summed E-state index contributed by atoms with van der Waals surface area (Å²) in [7, 11) is 0. The molecule has 0 aromatic carbocycles. The van der Waals surface area contributed by atoms with Gasteiger partial charge in [-0.3, -0.25) is 10.2 Å². The van der Waals surface area contributed by atoms with E-state index in [2.05, 4.69) is 35.1 Å². The van der Waals surface area contributed by atoms with E-state index in [9.17, 15) is 9.59 Å². The highest BCUT2D eigenvalue weighted by Crippen LogP contribution is 2.11. The van der Waals surface area contributed by atoms with Crippen molar-refractivity contribution in [3.8, 4) is 0 Å². The first kappa shape index (κ1) is 37.0. The SMILES string of the molecule is CCCCCCCCCCCCNC(=O)NC(CCCNC(=N)N)C(=O)NCCCCCCCCCCCC. The molecule has 0 rings (SSSR count). The van der Waals surface area contributed by atoms with Gasteiger partial charge in [-0.05, 0) is 25.7 Å². The summed E-state index contributed by atoms with van der Waals surface area (Å²) in [6.07, 6.45) is 26.3. The summed E-state index contributed by atoms with van der Waals surface area (Å²) in [5.41, 5.74) is 5.35. The highest BCUT2D eigenvalue weighted by atomic mass is 16.2. The van der Waals surface area contributed by atoms with E-state index < -0.39 is 6.04 Å². The first-order valence-corrected chi connectivity index (χ1v) is 16.4. The van der Waals surface area contributed by atoms with E-state index in [1.54, 1.807) is 0 Å². The molecule has 0 spiro atoms. The number of carbonyl (C=O) groups is 2. The largest absolute Gasteiger partial charge is 0.370 e. The minimum atomic E-state index is -0.588. The maximum atomic E-state index is 12.8. The van der Waals surface area contributed by atoms with Gasteiger partial charge in [0.1, 0.15) is 6.04 Å². The molecule has 39 heavy (non-hydrogen) atoms. The number of urea groups is 1. The van der Waals surface area contributed by atoms with Gasteiger partial charge in [0.2, 0.25) is 5.91 Å². The zero-order valence-corrected chi connectivity index (χ0v) is 25.6. The van der Waals surface area contributed by atoms with Crippen LogP contribution in [0.3, 0.4) is 0 Å². The first-order valence-electron chi connectivity index (χ1n) is 16.4. The van der Waals surface area contributed by atoms with Crippen LogP contribution in [0.4, 0.5) is 4.79 Å². The lowest BCUT2D eigenvalue weighted by molar-refractivity contribution is -0.123. The Labute approximate surface area is 240 Å². The molecule has 0 aliphatic carbocycles. The second-order valence-corrected chi connectivity index (χ2v) is 11.1. The number of hydrogen-bond acceptors (Lipinski definition) is 3. The first-order chi connectivity index (χ1) is 19.0. The van der Waals surface area contributed by atoms with Crippen molar-refractivity contribution in [1.29, 1.82) is 5.41 Å². The van der Waals surface area contributed by atoms with Crippen LogP contribution in [0, 0.1) is 5.41 Å². The van der Waals surface area contributed by atoms with Crippen molar-refractivity contribution in [1.82, 2.24) is 21.3 Å². The van der Waals surface area contributed by atoms with E-state index in [0.717, 1.165) is 25.7 Å². The topological polar surface area (TPSA) is 132 Å². The van der Waals surface area contributed by atoms with Gasteiger partial charge in [0.05, 0.1) is 0 Å². The van der Waals surface area contributed by atoms with Gasteiger partial charge < -0.3 is 27.0 Å². The van der Waals surface area contributed by atoms with Crippen LogP contribution in [0.1, 0.15) is 155 Å². The molecule has 8 heteroatoms. The summed E-state index contributed by atoms with van der Waals surface area (Å²) in [4.78, 5) is 25.2. The summed E-state index contributed by atoms with van der Waals surface area (Å²) >= 11 is 0. The average Bonchev–Trinajstić information content (AvgIpc) is 2.91. The highest BCUT2D eigenvalue weighted by molar-refractivity contribution is 5.86. The van der Waals surface area contributed by atoms with Crippen LogP contribution in [0.5, 0.6) is 0 Å². The molecule has 0 aromatic heterocycles. The number of guanidine groups is 1. The lowest BCUT2D eigenvalue weighted by Gasteiger charge is -2.19. The van der Waals surface area contributed by atoms with Crippen LogP contribution < -0.4 is 27.0 Å². The lowest BCUT2D eigenvalue weighted by atomic mass is 10.1. The van der Waals surface area contributed by atoms with Crippen LogP contribution in [-0.4, -0.2) is 43.6 Å². The second-order valence-electron chi connectivity index (χ2n) is 11.1. The number of nitrogens with one attached hydrogen (secondary N) is 5. The Balaban J connectivity index is 4.08. The molecule has 0 fully saturated rings. The molecule has 0 radical (unpaired) electrons. The monoisotopic (exact) mass is 553 g/mol. The third-order valence-corrected chi connectivity index (χ3v) is 7.25. The van der Waals surface area contributed by atoms with E-state index >= 15 is 0 Å². The molecule has 1 unspecified atom stereocenters. The summed E-state index contributed by atoms with van der Waals surface area (Å²) in [6.45, 7) is 6.26. The fourth-order valence-corrected chi connectivity index (χ4v) is 4.77. The fourth-order valence-electron chi connectivity index (χ4n) is 4.77. The third-order valence-electron chi connectivity index (χ3n) is 7.25. The molecule has 0 bridgehead atoms. The van der Waals surface area contributed by atoms with Crippen molar-refractivity contribution in [3.63, 3.8) is 0 Å². The molecule has 1 atom stereocenters. The van der Waals surface area contributed by atoms with Crippen LogP contribution in [0.25, 0.3) is 0 Å². The van der Waals surface area contributed by atoms with Gasteiger partial charge in [0.25, 0.3) is 0 Å². The summed E-state index contributed by atoms with van der Waals surface area (Å²) < 4.78 is 0. The molecular formula is C31H64N6O2. The van der Waals surface area contributed by atoms with Crippen molar-refractivity contribution < 1.29 is 9.59 Å². The van der Waals surface area contributed by atoms with Crippen molar-refractivity contribution in [3.05, 3.63) is 0 Å². The number of hydrogen-bond donors (Lipinski definition) is 6. The molecule has 0 aliphatic rings. The summed E-state index contributed by atoms with van der Waals surface area (Å²) in [5, 5.41) is 18.8. The van der Waals surface area contributed by atoms with E-state index in [0.29, 0.717) is 32.5 Å². The Kier molecular flexibility index (Phi) is 27.5. The minimum absolute atomic E-state index is 0.0841. The Hall–Kier alpha value is -1.99. The second kappa shape index (κ2) is 29.0. The molecule has 8 nitrogen and oxygen atoms in total. The standard InChI is InChI=1S/C31H64N6O2/c1-3-5-7-9-11-13-15-17-19-21-25-34-29(38)28(24-23-27-35-30(32)33)37-31(39)36-26-22-20-18-16-14-12-10-8-6-4-2/h28H,3-27H2,1-2H3,(H,34,38)(H4,32,33,35)(H2,36,37,39). The van der Waals surface area contributed by atoms with Crippen molar-refractivity contribution >= 4 is 17.9 Å². The molecule has 0 heterocycles.